The highest BCUT2D eigenvalue weighted by molar-refractivity contribution is 5.78. The van der Waals surface area contributed by atoms with E-state index in [2.05, 4.69) is 37.1 Å². The average molecular weight is 419 g/mol. The number of benzene rings is 2. The van der Waals surface area contributed by atoms with Crippen molar-refractivity contribution in [3.05, 3.63) is 71.3 Å². The summed E-state index contributed by atoms with van der Waals surface area (Å²) in [6, 6.07) is 15.9. The minimum Gasteiger partial charge on any atom is -0.454 e. The zero-order chi connectivity index (χ0) is 21.0. The summed E-state index contributed by atoms with van der Waals surface area (Å²) in [6.07, 6.45) is 1.20. The van der Waals surface area contributed by atoms with Gasteiger partial charge in [0.1, 0.15) is 5.82 Å². The van der Waals surface area contributed by atoms with Gasteiger partial charge in [-0.25, -0.2) is 0 Å². The second-order valence-corrected chi connectivity index (χ2v) is 7.84. The van der Waals surface area contributed by atoms with Gasteiger partial charge < -0.3 is 19.4 Å². The molecule has 1 amide bonds. The highest BCUT2D eigenvalue weighted by atomic mass is 16.7. The molecule has 1 aromatic heterocycles. The fraction of sp³-hybridized carbons (Fsp3) is 0.348. The highest BCUT2D eigenvalue weighted by Gasteiger charge is 2.20. The van der Waals surface area contributed by atoms with Crippen LogP contribution in [0.5, 0.6) is 11.5 Å². The molecule has 3 heterocycles. The first-order valence-corrected chi connectivity index (χ1v) is 10.6. The van der Waals surface area contributed by atoms with Crippen molar-refractivity contribution < 1.29 is 14.3 Å². The van der Waals surface area contributed by atoms with E-state index in [0.29, 0.717) is 19.8 Å². The lowest BCUT2D eigenvalue weighted by Crippen LogP contribution is -2.28. The second kappa shape index (κ2) is 8.77. The second-order valence-electron chi connectivity index (χ2n) is 7.84. The molecule has 5 rings (SSSR count). The third-order valence-corrected chi connectivity index (χ3v) is 5.69. The summed E-state index contributed by atoms with van der Waals surface area (Å²) >= 11 is 0. The van der Waals surface area contributed by atoms with Crippen molar-refractivity contribution in [1.82, 2.24) is 25.0 Å². The third-order valence-electron chi connectivity index (χ3n) is 5.69. The van der Waals surface area contributed by atoms with Crippen LogP contribution in [0.25, 0.3) is 0 Å². The van der Waals surface area contributed by atoms with Gasteiger partial charge in [0, 0.05) is 32.6 Å². The van der Waals surface area contributed by atoms with Crippen molar-refractivity contribution in [2.45, 2.75) is 32.5 Å². The molecule has 0 radical (unpaired) electrons. The Morgan fingerprint density at radius 1 is 0.968 bits per heavy atom. The number of nitrogens with zero attached hydrogens (tertiary/aromatic N) is 4. The molecule has 3 aromatic rings. The third kappa shape index (κ3) is 4.54. The molecule has 0 atom stereocenters. The minimum atomic E-state index is -0.0124. The van der Waals surface area contributed by atoms with E-state index in [9.17, 15) is 4.79 Å². The van der Waals surface area contributed by atoms with E-state index in [1.165, 1.54) is 5.56 Å². The molecule has 2 aliphatic heterocycles. The van der Waals surface area contributed by atoms with Crippen molar-refractivity contribution in [1.29, 1.82) is 0 Å². The monoisotopic (exact) mass is 419 g/mol. The van der Waals surface area contributed by atoms with E-state index >= 15 is 0 Å². The largest absolute Gasteiger partial charge is 0.454 e. The standard InChI is InChI=1S/C23H25N5O3/c29-23(13-17-4-2-1-3-5-17)24-14-22-26-25-21-8-9-27(10-11-28(21)22)15-18-6-7-19-20(12-18)31-16-30-19/h1-7,12H,8-11,13-16H2,(H,24,29). The number of aromatic nitrogens is 3. The van der Waals surface area contributed by atoms with Crippen LogP contribution in [-0.4, -0.2) is 45.5 Å². The maximum absolute atomic E-state index is 12.3. The van der Waals surface area contributed by atoms with Gasteiger partial charge in [-0.2, -0.15) is 0 Å². The quantitative estimate of drug-likeness (QED) is 0.658. The molecule has 0 bridgehead atoms. The predicted molar refractivity (Wildman–Crippen MR) is 114 cm³/mol. The van der Waals surface area contributed by atoms with Crippen molar-refractivity contribution in [2.75, 3.05) is 19.9 Å². The number of carbonyl (C=O) groups excluding carboxylic acids is 1. The van der Waals surface area contributed by atoms with Gasteiger partial charge in [0.25, 0.3) is 0 Å². The smallest absolute Gasteiger partial charge is 0.231 e. The van der Waals surface area contributed by atoms with Crippen molar-refractivity contribution in [2.24, 2.45) is 0 Å². The van der Waals surface area contributed by atoms with Crippen molar-refractivity contribution >= 4 is 5.91 Å². The number of hydrogen-bond acceptors (Lipinski definition) is 6. The number of carbonyl (C=O) groups is 1. The van der Waals surface area contributed by atoms with Gasteiger partial charge in [-0.05, 0) is 23.3 Å². The molecular formula is C23H25N5O3. The molecule has 0 fully saturated rings. The van der Waals surface area contributed by atoms with Crippen LogP contribution in [-0.2, 0) is 37.3 Å². The number of amides is 1. The first-order chi connectivity index (χ1) is 15.2. The Morgan fingerprint density at radius 2 is 1.84 bits per heavy atom. The molecule has 0 unspecified atom stereocenters. The van der Waals surface area contributed by atoms with Crippen LogP contribution in [0.1, 0.15) is 22.8 Å². The lowest BCUT2D eigenvalue weighted by Gasteiger charge is -2.19. The molecule has 2 aromatic carbocycles. The summed E-state index contributed by atoms with van der Waals surface area (Å²) in [5.74, 6) is 3.39. The van der Waals surface area contributed by atoms with Crippen LogP contribution in [0.3, 0.4) is 0 Å². The number of nitrogens with one attached hydrogen (secondary N) is 1. The molecule has 0 spiro atoms. The summed E-state index contributed by atoms with van der Waals surface area (Å²) in [5, 5.41) is 11.7. The zero-order valence-corrected chi connectivity index (χ0v) is 17.3. The fourth-order valence-electron chi connectivity index (χ4n) is 4.03. The van der Waals surface area contributed by atoms with Gasteiger partial charge >= 0.3 is 0 Å². The van der Waals surface area contributed by atoms with Crippen LogP contribution in [0, 0.1) is 0 Å². The Morgan fingerprint density at radius 3 is 2.74 bits per heavy atom. The van der Waals surface area contributed by atoms with Crippen LogP contribution in [0.15, 0.2) is 48.5 Å². The average Bonchev–Trinajstić information content (AvgIpc) is 3.36. The van der Waals surface area contributed by atoms with Gasteiger partial charge in [-0.1, -0.05) is 36.4 Å². The molecule has 160 valence electrons. The summed E-state index contributed by atoms with van der Waals surface area (Å²) in [4.78, 5) is 14.7. The summed E-state index contributed by atoms with van der Waals surface area (Å²) in [5.41, 5.74) is 2.20. The molecule has 2 aliphatic rings. The van der Waals surface area contributed by atoms with E-state index in [-0.39, 0.29) is 5.91 Å². The Labute approximate surface area is 180 Å². The SMILES string of the molecule is O=C(Cc1ccccc1)NCc1nnc2n1CCN(Cc1ccc3c(c1)OCO3)CC2. The predicted octanol–water partition coefficient (Wildman–Crippen LogP) is 1.92. The van der Waals surface area contributed by atoms with Crippen LogP contribution in [0.2, 0.25) is 0 Å². The molecule has 8 heteroatoms. The summed E-state index contributed by atoms with van der Waals surface area (Å²) in [7, 11) is 0. The van der Waals surface area contributed by atoms with Crippen molar-refractivity contribution in [3.8, 4) is 11.5 Å². The fourth-order valence-corrected chi connectivity index (χ4v) is 4.03. The first kappa shape index (κ1) is 19.6. The number of ether oxygens (including phenoxy) is 2. The first-order valence-electron chi connectivity index (χ1n) is 10.6. The Bertz CT molecular complexity index is 1070. The number of rotatable bonds is 6. The van der Waals surface area contributed by atoms with E-state index < -0.39 is 0 Å². The maximum Gasteiger partial charge on any atom is 0.231 e. The Kier molecular flexibility index (Phi) is 5.54. The van der Waals surface area contributed by atoms with Crippen molar-refractivity contribution in [3.63, 3.8) is 0 Å². The van der Waals surface area contributed by atoms with E-state index in [0.717, 1.165) is 61.3 Å². The molecule has 0 saturated carbocycles. The van der Waals surface area contributed by atoms with Gasteiger partial charge in [0.2, 0.25) is 12.7 Å². The molecule has 8 nitrogen and oxygen atoms in total. The number of hydrogen-bond donors (Lipinski definition) is 1. The molecule has 1 N–H and O–H groups in total. The van der Waals surface area contributed by atoms with E-state index in [1.807, 2.05) is 36.4 Å². The van der Waals surface area contributed by atoms with Crippen LogP contribution in [0.4, 0.5) is 0 Å². The lowest BCUT2D eigenvalue weighted by molar-refractivity contribution is -0.120. The zero-order valence-electron chi connectivity index (χ0n) is 17.3. The van der Waals surface area contributed by atoms with E-state index in [1.54, 1.807) is 0 Å². The Hall–Kier alpha value is -3.39. The van der Waals surface area contributed by atoms with Crippen LogP contribution < -0.4 is 14.8 Å². The molecule has 0 saturated heterocycles. The highest BCUT2D eigenvalue weighted by Crippen LogP contribution is 2.32. The normalized spacial score (nSPS) is 15.4. The van der Waals surface area contributed by atoms with E-state index in [4.69, 9.17) is 9.47 Å². The molecular weight excluding hydrogens is 394 g/mol. The topological polar surface area (TPSA) is 81.5 Å². The Balaban J connectivity index is 1.17. The van der Waals surface area contributed by atoms with Gasteiger partial charge in [0.15, 0.2) is 17.3 Å². The molecule has 0 aliphatic carbocycles. The minimum absolute atomic E-state index is 0.0124. The molecule has 31 heavy (non-hydrogen) atoms. The van der Waals surface area contributed by atoms with Gasteiger partial charge in [-0.15, -0.1) is 10.2 Å². The lowest BCUT2D eigenvalue weighted by atomic mass is 10.1. The van der Waals surface area contributed by atoms with Gasteiger partial charge in [-0.3, -0.25) is 9.69 Å². The number of fused-ring (bicyclic) bond motifs is 2. The van der Waals surface area contributed by atoms with Crippen LogP contribution >= 0.6 is 0 Å². The summed E-state index contributed by atoms with van der Waals surface area (Å²) in [6.45, 7) is 4.13. The summed E-state index contributed by atoms with van der Waals surface area (Å²) < 4.78 is 13.0. The van der Waals surface area contributed by atoms with Gasteiger partial charge in [0.05, 0.1) is 13.0 Å². The maximum atomic E-state index is 12.3.